The lowest BCUT2D eigenvalue weighted by atomic mass is 10.4. The van der Waals surface area contributed by atoms with Gasteiger partial charge in [0, 0.05) is 37.0 Å². The first kappa shape index (κ1) is 15.9. The molecule has 0 bridgehead atoms. The Morgan fingerprint density at radius 3 is 2.79 bits per heavy atom. The summed E-state index contributed by atoms with van der Waals surface area (Å²) in [5.74, 6) is 0.240. The van der Waals surface area contributed by atoms with Gasteiger partial charge in [-0.2, -0.15) is 0 Å². The van der Waals surface area contributed by atoms with Crippen molar-refractivity contribution in [2.75, 3.05) is 20.3 Å². The molecule has 0 aromatic carbocycles. The molecule has 0 atom stereocenters. The van der Waals surface area contributed by atoms with Crippen LogP contribution in [0.25, 0.3) is 0 Å². The van der Waals surface area contributed by atoms with E-state index in [4.69, 9.17) is 15.4 Å². The number of aryl methyl sites for hydroxylation is 1. The van der Waals surface area contributed by atoms with E-state index < -0.39 is 9.05 Å². The normalized spacial score (nSPS) is 11.5. The van der Waals surface area contributed by atoms with E-state index in [0.717, 1.165) is 0 Å². The van der Waals surface area contributed by atoms with Gasteiger partial charge in [-0.15, -0.1) is 0 Å². The summed E-state index contributed by atoms with van der Waals surface area (Å²) in [4.78, 5) is 15.5. The fourth-order valence-electron chi connectivity index (χ4n) is 1.47. The zero-order chi connectivity index (χ0) is 14.5. The minimum atomic E-state index is -3.88. The molecule has 108 valence electrons. The number of hydrogen-bond acceptors (Lipinski definition) is 5. The van der Waals surface area contributed by atoms with Crippen LogP contribution in [0, 0.1) is 0 Å². The van der Waals surface area contributed by atoms with Crippen molar-refractivity contribution in [2.45, 2.75) is 24.9 Å². The van der Waals surface area contributed by atoms with Crippen molar-refractivity contribution in [1.29, 1.82) is 0 Å². The molecule has 0 aliphatic carbocycles. The summed E-state index contributed by atoms with van der Waals surface area (Å²) >= 11 is 0. The van der Waals surface area contributed by atoms with Gasteiger partial charge in [0.2, 0.25) is 5.91 Å². The molecule has 1 aromatic heterocycles. The van der Waals surface area contributed by atoms with E-state index in [1.165, 1.54) is 17.9 Å². The summed E-state index contributed by atoms with van der Waals surface area (Å²) in [6, 6.07) is 0. The molecule has 1 heterocycles. The smallest absolute Gasteiger partial charge is 0.280 e. The maximum Gasteiger partial charge on any atom is 0.280 e. The summed E-state index contributed by atoms with van der Waals surface area (Å²) in [6.45, 7) is 2.61. The molecule has 0 saturated carbocycles. The average Bonchev–Trinajstić information content (AvgIpc) is 2.72. The van der Waals surface area contributed by atoms with Crippen LogP contribution in [0.4, 0.5) is 0 Å². The minimum absolute atomic E-state index is 0.00764. The number of rotatable bonds is 7. The first-order chi connectivity index (χ1) is 8.88. The Labute approximate surface area is 116 Å². The van der Waals surface area contributed by atoms with Gasteiger partial charge in [0.15, 0.2) is 5.03 Å². The zero-order valence-electron chi connectivity index (χ0n) is 10.7. The van der Waals surface area contributed by atoms with Crippen molar-refractivity contribution in [3.63, 3.8) is 0 Å². The van der Waals surface area contributed by atoms with E-state index in [-0.39, 0.29) is 17.5 Å². The molecule has 0 unspecified atom stereocenters. The van der Waals surface area contributed by atoms with E-state index in [2.05, 4.69) is 10.3 Å². The maximum atomic E-state index is 11.6. The van der Waals surface area contributed by atoms with Gasteiger partial charge in [0.1, 0.15) is 12.4 Å². The maximum absolute atomic E-state index is 11.6. The predicted molar refractivity (Wildman–Crippen MR) is 69.5 cm³/mol. The van der Waals surface area contributed by atoms with Gasteiger partial charge in [-0.1, -0.05) is 6.92 Å². The van der Waals surface area contributed by atoms with Crippen molar-refractivity contribution in [1.82, 2.24) is 14.9 Å². The number of carbonyl (C=O) groups is 1. The molecular formula is C10H16ClN3O4S. The van der Waals surface area contributed by atoms with Crippen LogP contribution >= 0.6 is 10.7 Å². The van der Waals surface area contributed by atoms with Gasteiger partial charge in [-0.3, -0.25) is 4.79 Å². The van der Waals surface area contributed by atoms with Gasteiger partial charge >= 0.3 is 0 Å². The topological polar surface area (TPSA) is 90.3 Å². The van der Waals surface area contributed by atoms with Crippen molar-refractivity contribution in [3.8, 4) is 0 Å². The third-order valence-electron chi connectivity index (χ3n) is 2.35. The van der Waals surface area contributed by atoms with Crippen molar-refractivity contribution in [3.05, 3.63) is 12.0 Å². The predicted octanol–water partition coefficient (Wildman–Crippen LogP) is 0.136. The summed E-state index contributed by atoms with van der Waals surface area (Å²) in [7, 11) is 2.87. The minimum Gasteiger partial charge on any atom is -0.383 e. The number of nitrogens with one attached hydrogen (secondary N) is 1. The van der Waals surface area contributed by atoms with Gasteiger partial charge in [-0.05, 0) is 0 Å². The number of carbonyl (C=O) groups excluding carboxylic acids is 1. The van der Waals surface area contributed by atoms with Crippen LogP contribution in [0.2, 0.25) is 0 Å². The highest BCUT2D eigenvalue weighted by molar-refractivity contribution is 8.13. The Hall–Kier alpha value is -1.12. The van der Waals surface area contributed by atoms with Crippen LogP contribution in [0.5, 0.6) is 0 Å². The molecule has 0 spiro atoms. The Morgan fingerprint density at radius 2 is 2.26 bits per heavy atom. The standard InChI is InChI=1S/C10H16ClN3O4S/c1-3-8-13-10(19(11,16)17)7-14(8)6-9(15)12-4-5-18-2/h7H,3-6H2,1-2H3,(H,12,15). The van der Waals surface area contributed by atoms with Crippen LogP contribution in [0.1, 0.15) is 12.7 Å². The average molecular weight is 310 g/mol. The van der Waals surface area contributed by atoms with E-state index in [1.807, 2.05) is 6.92 Å². The second-order valence-corrected chi connectivity index (χ2v) is 6.27. The summed E-state index contributed by atoms with van der Waals surface area (Å²) in [5.41, 5.74) is 0. The molecule has 1 N–H and O–H groups in total. The number of ether oxygens (including phenoxy) is 1. The third kappa shape index (κ3) is 4.81. The van der Waals surface area contributed by atoms with Crippen LogP contribution in [-0.2, 0) is 31.5 Å². The van der Waals surface area contributed by atoms with E-state index in [0.29, 0.717) is 25.4 Å². The zero-order valence-corrected chi connectivity index (χ0v) is 12.3. The number of methoxy groups -OCH3 is 1. The first-order valence-electron chi connectivity index (χ1n) is 5.64. The Balaban J connectivity index is 2.77. The molecule has 1 amide bonds. The molecule has 0 radical (unpaired) electrons. The second kappa shape index (κ2) is 6.88. The van der Waals surface area contributed by atoms with Crippen LogP contribution in [0.15, 0.2) is 11.2 Å². The summed E-state index contributed by atoms with van der Waals surface area (Å²) in [5, 5.41) is 2.40. The highest BCUT2D eigenvalue weighted by Crippen LogP contribution is 2.14. The molecule has 0 saturated heterocycles. The second-order valence-electron chi connectivity index (χ2n) is 3.76. The van der Waals surface area contributed by atoms with Crippen molar-refractivity contribution < 1.29 is 17.9 Å². The first-order valence-corrected chi connectivity index (χ1v) is 7.95. The lowest BCUT2D eigenvalue weighted by Gasteiger charge is -2.07. The van der Waals surface area contributed by atoms with Crippen molar-refractivity contribution in [2.24, 2.45) is 0 Å². The fraction of sp³-hybridized carbons (Fsp3) is 0.600. The highest BCUT2D eigenvalue weighted by atomic mass is 35.7. The molecule has 1 aromatic rings. The third-order valence-corrected chi connectivity index (χ3v) is 3.52. The molecule has 1 rings (SSSR count). The van der Waals surface area contributed by atoms with Crippen molar-refractivity contribution >= 4 is 25.6 Å². The van der Waals surface area contributed by atoms with E-state index >= 15 is 0 Å². The Bertz CT molecular complexity index is 541. The van der Waals surface area contributed by atoms with Gasteiger partial charge < -0.3 is 14.6 Å². The molecule has 0 fully saturated rings. The number of amides is 1. The van der Waals surface area contributed by atoms with Crippen LogP contribution in [-0.4, -0.2) is 44.1 Å². The molecule has 0 aliphatic rings. The molecule has 19 heavy (non-hydrogen) atoms. The van der Waals surface area contributed by atoms with Crippen LogP contribution in [0.3, 0.4) is 0 Å². The van der Waals surface area contributed by atoms with Crippen LogP contribution < -0.4 is 5.32 Å². The monoisotopic (exact) mass is 309 g/mol. The quantitative estimate of drug-likeness (QED) is 0.571. The molecule has 0 aliphatic heterocycles. The van der Waals surface area contributed by atoms with Gasteiger partial charge in [0.05, 0.1) is 6.61 Å². The fourth-order valence-corrected chi connectivity index (χ4v) is 2.16. The van der Waals surface area contributed by atoms with Gasteiger partial charge in [-0.25, -0.2) is 13.4 Å². The molecule has 9 heteroatoms. The Kier molecular flexibility index (Phi) is 5.77. The van der Waals surface area contributed by atoms with E-state index in [9.17, 15) is 13.2 Å². The number of nitrogens with zero attached hydrogens (tertiary/aromatic N) is 2. The number of halogens is 1. The number of imidazole rings is 1. The highest BCUT2D eigenvalue weighted by Gasteiger charge is 2.18. The summed E-state index contributed by atoms with van der Waals surface area (Å²) < 4.78 is 28.6. The summed E-state index contributed by atoms with van der Waals surface area (Å²) in [6.07, 6.45) is 1.76. The van der Waals surface area contributed by atoms with E-state index in [1.54, 1.807) is 0 Å². The Morgan fingerprint density at radius 1 is 1.58 bits per heavy atom. The number of aromatic nitrogens is 2. The lowest BCUT2D eigenvalue weighted by molar-refractivity contribution is -0.121. The molecular weight excluding hydrogens is 294 g/mol. The lowest BCUT2D eigenvalue weighted by Crippen LogP contribution is -2.30. The van der Waals surface area contributed by atoms with Gasteiger partial charge in [0.25, 0.3) is 9.05 Å². The largest absolute Gasteiger partial charge is 0.383 e. The number of hydrogen-bond donors (Lipinski definition) is 1. The molecule has 7 nitrogen and oxygen atoms in total. The SMILES string of the molecule is CCc1nc(S(=O)(=O)Cl)cn1CC(=O)NCCOC.